The second-order valence-electron chi connectivity index (χ2n) is 5.02. The van der Waals surface area contributed by atoms with E-state index < -0.39 is 5.91 Å². The first kappa shape index (κ1) is 20.6. The van der Waals surface area contributed by atoms with Crippen LogP contribution < -0.4 is 20.5 Å². The number of carbonyl (C=O) groups is 3. The Morgan fingerprint density at radius 3 is 2.48 bits per heavy atom. The molecule has 0 heterocycles. The highest BCUT2D eigenvalue weighted by molar-refractivity contribution is 6.32. The number of carbonyl (C=O) groups excluding carboxylic acids is 3. The molecule has 0 saturated carbocycles. The predicted octanol–water partition coefficient (Wildman–Crippen LogP) is 0.811. The number of primary amides is 1. The summed E-state index contributed by atoms with van der Waals surface area (Å²) in [5.74, 6) is -0.998. The van der Waals surface area contributed by atoms with Crippen LogP contribution in [0.3, 0.4) is 0 Å². The summed E-state index contributed by atoms with van der Waals surface area (Å²) in [6, 6.07) is 2.83. The van der Waals surface area contributed by atoms with Gasteiger partial charge in [0.05, 0.1) is 18.7 Å². The highest BCUT2D eigenvalue weighted by atomic mass is 35.5. The molecule has 25 heavy (non-hydrogen) atoms. The lowest BCUT2D eigenvalue weighted by Gasteiger charge is -2.21. The van der Waals surface area contributed by atoms with Crippen LogP contribution >= 0.6 is 11.6 Å². The fraction of sp³-hybridized carbons (Fsp3) is 0.438. The molecule has 0 aliphatic rings. The van der Waals surface area contributed by atoms with Crippen molar-refractivity contribution in [2.24, 2.45) is 5.73 Å². The van der Waals surface area contributed by atoms with Gasteiger partial charge in [0.1, 0.15) is 0 Å². The number of likely N-dealkylation sites (N-methyl/N-ethyl adjacent to an activating group) is 2. The minimum Gasteiger partial charge on any atom is -0.493 e. The molecular weight excluding hydrogens is 350 g/mol. The fourth-order valence-corrected chi connectivity index (χ4v) is 2.33. The minimum atomic E-state index is -0.669. The Balaban J connectivity index is 3.07. The Bertz CT molecular complexity index is 651. The summed E-state index contributed by atoms with van der Waals surface area (Å²) in [4.78, 5) is 36.6. The number of methoxy groups -OCH3 is 1. The van der Waals surface area contributed by atoms with Crippen LogP contribution in [-0.4, -0.2) is 56.0 Å². The third-order valence-electron chi connectivity index (χ3n) is 3.21. The fourth-order valence-electron chi connectivity index (χ4n) is 2.06. The predicted molar refractivity (Wildman–Crippen MR) is 93.0 cm³/mol. The van der Waals surface area contributed by atoms with Crippen molar-refractivity contribution in [2.45, 2.75) is 13.8 Å². The Hall–Kier alpha value is -2.48. The van der Waals surface area contributed by atoms with E-state index >= 15 is 0 Å². The van der Waals surface area contributed by atoms with Crippen molar-refractivity contribution in [2.75, 3.05) is 33.4 Å². The molecule has 3 amide bonds. The Morgan fingerprint density at radius 1 is 1.28 bits per heavy atom. The molecular formula is C16H22ClN3O5. The van der Waals surface area contributed by atoms with Crippen LogP contribution in [0.5, 0.6) is 11.5 Å². The van der Waals surface area contributed by atoms with Crippen molar-refractivity contribution >= 4 is 29.3 Å². The molecule has 9 heteroatoms. The van der Waals surface area contributed by atoms with E-state index in [1.807, 2.05) is 0 Å². The van der Waals surface area contributed by atoms with Gasteiger partial charge in [-0.2, -0.15) is 0 Å². The van der Waals surface area contributed by atoms with Crippen molar-refractivity contribution in [3.63, 3.8) is 0 Å². The Morgan fingerprint density at radius 2 is 1.96 bits per heavy atom. The van der Waals surface area contributed by atoms with Gasteiger partial charge in [-0.3, -0.25) is 14.4 Å². The molecule has 0 aliphatic carbocycles. The highest BCUT2D eigenvalue weighted by Gasteiger charge is 2.21. The Labute approximate surface area is 151 Å². The third kappa shape index (κ3) is 5.82. The van der Waals surface area contributed by atoms with Crippen molar-refractivity contribution in [1.29, 1.82) is 0 Å². The van der Waals surface area contributed by atoms with Crippen molar-refractivity contribution in [1.82, 2.24) is 10.2 Å². The summed E-state index contributed by atoms with van der Waals surface area (Å²) < 4.78 is 10.4. The average Bonchev–Trinajstić information content (AvgIpc) is 2.57. The van der Waals surface area contributed by atoms with Gasteiger partial charge < -0.3 is 25.4 Å². The molecule has 0 atom stereocenters. The Kier molecular flexibility index (Phi) is 8.00. The highest BCUT2D eigenvalue weighted by Crippen LogP contribution is 2.36. The van der Waals surface area contributed by atoms with E-state index in [2.05, 4.69) is 5.32 Å². The topological polar surface area (TPSA) is 111 Å². The molecule has 0 aromatic heterocycles. The van der Waals surface area contributed by atoms with Gasteiger partial charge in [-0.15, -0.1) is 0 Å². The number of ether oxygens (including phenoxy) is 2. The molecule has 0 saturated heterocycles. The lowest BCUT2D eigenvalue weighted by molar-refractivity contribution is -0.121. The van der Waals surface area contributed by atoms with Crippen molar-refractivity contribution in [3.8, 4) is 11.5 Å². The molecule has 8 nitrogen and oxygen atoms in total. The van der Waals surface area contributed by atoms with Gasteiger partial charge in [0.25, 0.3) is 11.8 Å². The molecule has 0 unspecified atom stereocenters. The monoisotopic (exact) mass is 371 g/mol. The molecule has 0 spiro atoms. The maximum absolute atomic E-state index is 12.6. The lowest BCUT2D eigenvalue weighted by Crippen LogP contribution is -2.40. The zero-order valence-electron chi connectivity index (χ0n) is 14.4. The first-order valence-corrected chi connectivity index (χ1v) is 8.06. The second kappa shape index (κ2) is 9.73. The zero-order chi connectivity index (χ0) is 19.0. The summed E-state index contributed by atoms with van der Waals surface area (Å²) >= 11 is 6.14. The number of hydrogen-bond donors (Lipinski definition) is 2. The van der Waals surface area contributed by atoms with Gasteiger partial charge in [-0.25, -0.2) is 0 Å². The van der Waals surface area contributed by atoms with E-state index in [0.717, 1.165) is 0 Å². The number of hydrogen-bond acceptors (Lipinski definition) is 5. The molecule has 3 N–H and O–H groups in total. The zero-order valence-corrected chi connectivity index (χ0v) is 15.2. The van der Waals surface area contributed by atoms with E-state index in [1.54, 1.807) is 13.8 Å². The summed E-state index contributed by atoms with van der Waals surface area (Å²) in [6.07, 6.45) is 0. The van der Waals surface area contributed by atoms with Crippen LogP contribution in [0.15, 0.2) is 12.1 Å². The molecule has 1 aromatic carbocycles. The maximum Gasteiger partial charge on any atom is 0.255 e. The number of nitrogens with two attached hydrogens (primary N) is 1. The van der Waals surface area contributed by atoms with Crippen LogP contribution in [0, 0.1) is 0 Å². The SMILES string of the molecule is CCNC(=O)CN(CC)C(=O)c1cc(Cl)c(OCC(N)=O)c(OC)c1. The lowest BCUT2D eigenvalue weighted by atomic mass is 10.1. The quantitative estimate of drug-likeness (QED) is 0.667. The normalized spacial score (nSPS) is 10.1. The third-order valence-corrected chi connectivity index (χ3v) is 3.49. The van der Waals surface area contributed by atoms with E-state index in [1.165, 1.54) is 24.1 Å². The van der Waals surface area contributed by atoms with Crippen LogP contribution in [0.4, 0.5) is 0 Å². The largest absolute Gasteiger partial charge is 0.493 e. The van der Waals surface area contributed by atoms with E-state index in [0.29, 0.717) is 13.1 Å². The molecule has 0 radical (unpaired) electrons. The number of rotatable bonds is 9. The van der Waals surface area contributed by atoms with Crippen LogP contribution in [0.2, 0.25) is 5.02 Å². The number of nitrogens with zero attached hydrogens (tertiary/aromatic N) is 1. The van der Waals surface area contributed by atoms with Gasteiger partial charge in [0.2, 0.25) is 5.91 Å². The van der Waals surface area contributed by atoms with E-state index in [9.17, 15) is 14.4 Å². The molecule has 0 fully saturated rings. The number of halogens is 1. The summed E-state index contributed by atoms with van der Waals surface area (Å²) in [5, 5.41) is 2.74. The second-order valence-corrected chi connectivity index (χ2v) is 5.42. The first-order valence-electron chi connectivity index (χ1n) is 7.68. The summed E-state index contributed by atoms with van der Waals surface area (Å²) in [6.45, 7) is 3.95. The summed E-state index contributed by atoms with van der Waals surface area (Å²) in [7, 11) is 1.38. The van der Waals surface area contributed by atoms with Gasteiger partial charge >= 0.3 is 0 Å². The van der Waals surface area contributed by atoms with Gasteiger partial charge in [0, 0.05) is 18.7 Å². The molecule has 0 aliphatic heterocycles. The summed E-state index contributed by atoms with van der Waals surface area (Å²) in [5.41, 5.74) is 5.28. The molecule has 1 rings (SSSR count). The molecule has 1 aromatic rings. The smallest absolute Gasteiger partial charge is 0.255 e. The molecule has 138 valence electrons. The minimum absolute atomic E-state index is 0.0664. The van der Waals surface area contributed by atoms with Gasteiger partial charge in [0.15, 0.2) is 18.1 Å². The van der Waals surface area contributed by atoms with Crippen molar-refractivity contribution in [3.05, 3.63) is 22.7 Å². The number of nitrogens with one attached hydrogen (secondary N) is 1. The van der Waals surface area contributed by atoms with Gasteiger partial charge in [-0.1, -0.05) is 11.6 Å². The standard InChI is InChI=1S/C16H22ClN3O5/c1-4-19-14(22)8-20(5-2)16(23)10-6-11(17)15(12(7-10)24-3)25-9-13(18)21/h6-7H,4-5,8-9H2,1-3H3,(H2,18,21)(H,19,22). The van der Waals surface area contributed by atoms with Crippen molar-refractivity contribution < 1.29 is 23.9 Å². The average molecular weight is 372 g/mol. The van der Waals surface area contributed by atoms with E-state index in [-0.39, 0.29) is 47.1 Å². The number of benzene rings is 1. The van der Waals surface area contributed by atoms with Crippen LogP contribution in [0.25, 0.3) is 0 Å². The van der Waals surface area contributed by atoms with Gasteiger partial charge in [-0.05, 0) is 26.0 Å². The molecule has 0 bridgehead atoms. The number of amides is 3. The van der Waals surface area contributed by atoms with Crippen LogP contribution in [0.1, 0.15) is 24.2 Å². The van der Waals surface area contributed by atoms with E-state index in [4.69, 9.17) is 26.8 Å². The van der Waals surface area contributed by atoms with Crippen LogP contribution in [-0.2, 0) is 9.59 Å². The first-order chi connectivity index (χ1) is 11.8. The maximum atomic E-state index is 12.6.